The predicted octanol–water partition coefficient (Wildman–Crippen LogP) is 4.89. The molecule has 4 heterocycles. The molecule has 0 bridgehead atoms. The highest BCUT2D eigenvalue weighted by atomic mass is 32.1. The summed E-state index contributed by atoms with van der Waals surface area (Å²) in [6, 6.07) is 7.18. The zero-order valence-corrected chi connectivity index (χ0v) is 16.2. The Bertz CT molecular complexity index is 950. The van der Waals surface area contributed by atoms with Crippen LogP contribution in [0.2, 0.25) is 0 Å². The first-order valence-corrected chi connectivity index (χ1v) is 10.8. The fourth-order valence-corrected chi connectivity index (χ4v) is 4.67. The van der Waals surface area contributed by atoms with Crippen LogP contribution >= 0.6 is 45.3 Å². The Labute approximate surface area is 164 Å². The molecule has 0 unspecified atom stereocenters. The van der Waals surface area contributed by atoms with E-state index in [1.165, 1.54) is 45.3 Å². The van der Waals surface area contributed by atoms with Gasteiger partial charge in [0.05, 0.1) is 9.75 Å². The zero-order chi connectivity index (χ0) is 17.9. The van der Waals surface area contributed by atoms with Crippen LogP contribution in [0.15, 0.2) is 45.8 Å². The lowest BCUT2D eigenvalue weighted by Crippen LogP contribution is -2.10. The number of nitrogens with zero attached hydrogens (tertiary/aromatic N) is 2. The Balaban J connectivity index is 1.44. The molecule has 0 radical (unpaired) electrons. The van der Waals surface area contributed by atoms with Gasteiger partial charge in [-0.15, -0.1) is 45.3 Å². The van der Waals surface area contributed by atoms with Crippen LogP contribution < -0.4 is 10.6 Å². The fraction of sp³-hybridized carbons (Fsp3) is 0. The summed E-state index contributed by atoms with van der Waals surface area (Å²) >= 11 is 5.42. The van der Waals surface area contributed by atoms with Crippen LogP contribution in [0.3, 0.4) is 0 Å². The van der Waals surface area contributed by atoms with Gasteiger partial charge in [0.15, 0.2) is 10.3 Å². The molecule has 0 aromatic carbocycles. The maximum atomic E-state index is 12.1. The molecule has 0 fully saturated rings. The molecule has 2 N–H and O–H groups in total. The van der Waals surface area contributed by atoms with E-state index in [4.69, 9.17) is 0 Å². The Morgan fingerprint density at radius 3 is 1.58 bits per heavy atom. The third-order valence-corrected chi connectivity index (χ3v) is 6.45. The molecule has 0 aliphatic heterocycles. The summed E-state index contributed by atoms with van der Waals surface area (Å²) in [5, 5.41) is 13.9. The van der Waals surface area contributed by atoms with Gasteiger partial charge in [-0.2, -0.15) is 0 Å². The molecule has 4 rings (SSSR count). The van der Waals surface area contributed by atoms with Crippen LogP contribution in [-0.2, 0) is 0 Å². The zero-order valence-electron chi connectivity index (χ0n) is 13.0. The number of hydrogen-bond acceptors (Lipinski definition) is 8. The van der Waals surface area contributed by atoms with Crippen LogP contribution in [-0.4, -0.2) is 21.8 Å². The van der Waals surface area contributed by atoms with Gasteiger partial charge in [-0.1, -0.05) is 12.1 Å². The van der Waals surface area contributed by atoms with Crippen molar-refractivity contribution in [3.63, 3.8) is 0 Å². The quantitative estimate of drug-likeness (QED) is 0.483. The molecule has 26 heavy (non-hydrogen) atoms. The van der Waals surface area contributed by atoms with Gasteiger partial charge >= 0.3 is 0 Å². The number of thiazole rings is 2. The van der Waals surface area contributed by atoms with Crippen molar-refractivity contribution in [2.75, 3.05) is 10.6 Å². The predicted molar refractivity (Wildman–Crippen MR) is 108 cm³/mol. The fourth-order valence-electron chi connectivity index (χ4n) is 2.03. The van der Waals surface area contributed by atoms with Gasteiger partial charge in [-0.3, -0.25) is 20.2 Å². The maximum absolute atomic E-state index is 12.1. The molecule has 0 saturated carbocycles. The molecule has 4 aromatic heterocycles. The molecule has 2 amide bonds. The van der Waals surface area contributed by atoms with Gasteiger partial charge in [0.1, 0.15) is 11.4 Å². The Morgan fingerprint density at radius 1 is 0.731 bits per heavy atom. The lowest BCUT2D eigenvalue weighted by Gasteiger charge is -1.98. The van der Waals surface area contributed by atoms with E-state index in [1.54, 1.807) is 12.1 Å². The average molecular weight is 419 g/mol. The number of carbonyl (C=O) groups excluding carboxylic acids is 2. The Kier molecular flexibility index (Phi) is 4.89. The number of aromatic nitrogens is 2. The van der Waals surface area contributed by atoms with Crippen LogP contribution in [0.5, 0.6) is 0 Å². The monoisotopic (exact) mass is 418 g/mol. The first-order valence-electron chi connectivity index (χ1n) is 7.30. The summed E-state index contributed by atoms with van der Waals surface area (Å²) in [7, 11) is 0. The average Bonchev–Trinajstić information content (AvgIpc) is 3.39. The van der Waals surface area contributed by atoms with Crippen molar-refractivity contribution >= 4 is 67.4 Å². The minimum Gasteiger partial charge on any atom is -0.297 e. The lowest BCUT2D eigenvalue weighted by atomic mass is 10.4. The van der Waals surface area contributed by atoms with Crippen molar-refractivity contribution in [2.45, 2.75) is 0 Å². The van der Waals surface area contributed by atoms with E-state index in [2.05, 4.69) is 20.6 Å². The van der Waals surface area contributed by atoms with Crippen molar-refractivity contribution < 1.29 is 9.59 Å². The van der Waals surface area contributed by atoms with Crippen molar-refractivity contribution in [1.29, 1.82) is 0 Å². The minimum absolute atomic E-state index is 0.178. The standard InChI is InChI=1S/C16H10N4O2S4/c21-13(11-3-1-5-23-11)19-15-17-9(7-25-15)10-8-26-16(18-10)20-14(22)12-4-2-6-24-12/h1-8H,(H,17,19,21)(H,18,20,22). The normalized spacial score (nSPS) is 10.6. The van der Waals surface area contributed by atoms with Crippen molar-refractivity contribution in [2.24, 2.45) is 0 Å². The Morgan fingerprint density at radius 2 is 1.19 bits per heavy atom. The molecule has 6 nitrogen and oxygen atoms in total. The smallest absolute Gasteiger partial charge is 0.267 e. The first kappa shape index (κ1) is 17.0. The third kappa shape index (κ3) is 3.73. The molecule has 4 aromatic rings. The van der Waals surface area contributed by atoms with Crippen LogP contribution in [0.25, 0.3) is 11.4 Å². The van der Waals surface area contributed by atoms with Gasteiger partial charge in [0, 0.05) is 10.8 Å². The van der Waals surface area contributed by atoms with Crippen molar-refractivity contribution in [1.82, 2.24) is 9.97 Å². The van der Waals surface area contributed by atoms with Gasteiger partial charge in [-0.25, -0.2) is 9.97 Å². The molecule has 0 spiro atoms. The largest absolute Gasteiger partial charge is 0.297 e. The number of thiophene rings is 2. The van der Waals surface area contributed by atoms with E-state index in [0.29, 0.717) is 31.4 Å². The minimum atomic E-state index is -0.178. The Hall–Kier alpha value is -2.40. The molecular weight excluding hydrogens is 408 g/mol. The highest BCUT2D eigenvalue weighted by Gasteiger charge is 2.14. The topological polar surface area (TPSA) is 84.0 Å². The van der Waals surface area contributed by atoms with E-state index in [1.807, 2.05) is 33.7 Å². The highest BCUT2D eigenvalue weighted by molar-refractivity contribution is 7.15. The second-order valence-electron chi connectivity index (χ2n) is 4.94. The summed E-state index contributed by atoms with van der Waals surface area (Å²) in [5.41, 5.74) is 1.31. The van der Waals surface area contributed by atoms with Crippen molar-refractivity contribution in [3.05, 3.63) is 55.5 Å². The summed E-state index contributed by atoms with van der Waals surface area (Å²) < 4.78 is 0. The van der Waals surface area contributed by atoms with Crippen LogP contribution in [0.1, 0.15) is 19.3 Å². The highest BCUT2D eigenvalue weighted by Crippen LogP contribution is 2.28. The second kappa shape index (κ2) is 7.46. The van der Waals surface area contributed by atoms with Gasteiger partial charge < -0.3 is 0 Å². The van der Waals surface area contributed by atoms with E-state index in [9.17, 15) is 9.59 Å². The van der Waals surface area contributed by atoms with Gasteiger partial charge in [0.2, 0.25) is 0 Å². The third-order valence-electron chi connectivity index (χ3n) is 3.20. The molecule has 0 aliphatic rings. The SMILES string of the molecule is O=C(Nc1nc(-c2csc(NC(=O)c3cccs3)n2)cs1)c1cccs1. The van der Waals surface area contributed by atoms with E-state index in [-0.39, 0.29) is 11.8 Å². The number of nitrogens with one attached hydrogen (secondary N) is 2. The van der Waals surface area contributed by atoms with Gasteiger partial charge in [-0.05, 0) is 22.9 Å². The van der Waals surface area contributed by atoms with Crippen LogP contribution in [0, 0.1) is 0 Å². The number of amides is 2. The van der Waals surface area contributed by atoms with E-state index < -0.39 is 0 Å². The number of hydrogen-bond donors (Lipinski definition) is 2. The lowest BCUT2D eigenvalue weighted by molar-refractivity contribution is 0.102. The van der Waals surface area contributed by atoms with Gasteiger partial charge in [0.25, 0.3) is 11.8 Å². The summed E-state index contributed by atoms with van der Waals surface area (Å²) in [5.74, 6) is -0.355. The van der Waals surface area contributed by atoms with E-state index >= 15 is 0 Å². The summed E-state index contributed by atoms with van der Waals surface area (Å²) in [6.07, 6.45) is 0. The first-order chi connectivity index (χ1) is 12.7. The molecule has 0 atom stereocenters. The van der Waals surface area contributed by atoms with E-state index in [0.717, 1.165) is 0 Å². The number of carbonyl (C=O) groups is 2. The maximum Gasteiger partial charge on any atom is 0.267 e. The summed E-state index contributed by atoms with van der Waals surface area (Å²) in [4.78, 5) is 34.2. The number of rotatable bonds is 5. The molecular formula is C16H10N4O2S4. The molecule has 0 saturated heterocycles. The second-order valence-corrected chi connectivity index (χ2v) is 8.55. The summed E-state index contributed by atoms with van der Waals surface area (Å²) in [6.45, 7) is 0. The molecule has 130 valence electrons. The molecule has 10 heteroatoms. The van der Waals surface area contributed by atoms with Crippen LogP contribution in [0.4, 0.5) is 10.3 Å². The van der Waals surface area contributed by atoms with Crippen molar-refractivity contribution in [3.8, 4) is 11.4 Å². The molecule has 0 aliphatic carbocycles. The number of anilines is 2.